The molecule has 3 N–H and O–H groups in total. The summed E-state index contributed by atoms with van der Waals surface area (Å²) in [5.74, 6) is 2.07. The lowest BCUT2D eigenvalue weighted by atomic mass is 10.2. The average molecular weight is 546 g/mol. The number of benzene rings is 2. The van der Waals surface area contributed by atoms with E-state index in [1.807, 2.05) is 32.0 Å². The van der Waals surface area contributed by atoms with E-state index in [0.717, 1.165) is 22.6 Å². The molecule has 164 valence electrons. The predicted molar refractivity (Wildman–Crippen MR) is 127 cm³/mol. The molecule has 0 bridgehead atoms. The summed E-state index contributed by atoms with van der Waals surface area (Å²) < 4.78 is 37.9. The van der Waals surface area contributed by atoms with Gasteiger partial charge in [-0.15, -0.1) is 24.0 Å². The summed E-state index contributed by atoms with van der Waals surface area (Å²) in [6, 6.07) is 12.5. The van der Waals surface area contributed by atoms with Crippen LogP contribution in [0.3, 0.4) is 0 Å². The molecule has 0 amide bonds. The van der Waals surface area contributed by atoms with E-state index in [2.05, 4.69) is 20.3 Å². The zero-order valence-corrected chi connectivity index (χ0v) is 20.1. The number of rotatable bonds is 8. The SMILES string of the molecule is CCNC(=NCc1ccc2c(c1)OCO2)NCCNS(=O)(=O)c1ccc(C)cc1.I. The van der Waals surface area contributed by atoms with Crippen LogP contribution in [-0.4, -0.2) is 40.8 Å². The third-order valence-corrected chi connectivity index (χ3v) is 5.72. The quantitative estimate of drug-likeness (QED) is 0.204. The second-order valence-corrected chi connectivity index (χ2v) is 8.29. The van der Waals surface area contributed by atoms with Gasteiger partial charge in [0, 0.05) is 19.6 Å². The molecule has 0 fully saturated rings. The Morgan fingerprint density at radius 3 is 2.50 bits per heavy atom. The molecule has 2 aromatic carbocycles. The number of hydrogen-bond donors (Lipinski definition) is 3. The van der Waals surface area contributed by atoms with Gasteiger partial charge in [0.15, 0.2) is 17.5 Å². The third-order valence-electron chi connectivity index (χ3n) is 4.24. The Bertz CT molecular complexity index is 965. The first-order valence-corrected chi connectivity index (χ1v) is 10.9. The van der Waals surface area contributed by atoms with Gasteiger partial charge in [-0.2, -0.15) is 0 Å². The lowest BCUT2D eigenvalue weighted by Gasteiger charge is -2.12. The fourth-order valence-electron chi connectivity index (χ4n) is 2.72. The Kier molecular flexibility index (Phi) is 9.18. The highest BCUT2D eigenvalue weighted by Crippen LogP contribution is 2.32. The average Bonchev–Trinajstić information content (AvgIpc) is 3.17. The number of halogens is 1. The van der Waals surface area contributed by atoms with Gasteiger partial charge in [-0.1, -0.05) is 23.8 Å². The van der Waals surface area contributed by atoms with Crippen LogP contribution >= 0.6 is 24.0 Å². The van der Waals surface area contributed by atoms with Gasteiger partial charge < -0.3 is 20.1 Å². The van der Waals surface area contributed by atoms with E-state index in [1.54, 1.807) is 24.3 Å². The zero-order valence-electron chi connectivity index (χ0n) is 17.0. The minimum atomic E-state index is -3.52. The standard InChI is InChI=1S/C20H26N4O4S.HI/c1-3-21-20(23-13-16-6-9-18-19(12-16)28-14-27-18)22-10-11-24-29(25,26)17-7-4-15(2)5-8-17;/h4-9,12,24H,3,10-11,13-14H2,1-2H3,(H2,21,22,23);1H. The molecule has 0 unspecified atom stereocenters. The molecule has 2 aromatic rings. The molecule has 1 aliphatic heterocycles. The lowest BCUT2D eigenvalue weighted by Crippen LogP contribution is -2.41. The molecule has 30 heavy (non-hydrogen) atoms. The summed E-state index contributed by atoms with van der Waals surface area (Å²) in [6.45, 7) is 5.92. The molecule has 0 atom stereocenters. The van der Waals surface area contributed by atoms with E-state index < -0.39 is 10.0 Å². The molecule has 0 saturated carbocycles. The van der Waals surface area contributed by atoms with Crippen molar-refractivity contribution in [3.05, 3.63) is 53.6 Å². The Morgan fingerprint density at radius 2 is 1.77 bits per heavy atom. The molecular weight excluding hydrogens is 519 g/mol. The maximum atomic E-state index is 12.3. The Balaban J connectivity index is 0.00000320. The van der Waals surface area contributed by atoms with Gasteiger partial charge in [0.2, 0.25) is 16.8 Å². The fraction of sp³-hybridized carbons (Fsp3) is 0.350. The van der Waals surface area contributed by atoms with Crippen LogP contribution in [0.2, 0.25) is 0 Å². The Hall–Kier alpha value is -2.05. The first-order chi connectivity index (χ1) is 14.0. The number of sulfonamides is 1. The summed E-state index contributed by atoms with van der Waals surface area (Å²) in [5.41, 5.74) is 2.01. The number of nitrogens with zero attached hydrogens (tertiary/aromatic N) is 1. The second-order valence-electron chi connectivity index (χ2n) is 6.52. The highest BCUT2D eigenvalue weighted by atomic mass is 127. The number of hydrogen-bond acceptors (Lipinski definition) is 5. The molecule has 0 radical (unpaired) electrons. The van der Waals surface area contributed by atoms with E-state index >= 15 is 0 Å². The van der Waals surface area contributed by atoms with Crippen LogP contribution in [0.15, 0.2) is 52.4 Å². The monoisotopic (exact) mass is 546 g/mol. The summed E-state index contributed by atoms with van der Waals surface area (Å²) in [6.07, 6.45) is 0. The normalized spacial score (nSPS) is 12.9. The maximum Gasteiger partial charge on any atom is 0.240 e. The van der Waals surface area contributed by atoms with Gasteiger partial charge in [-0.3, -0.25) is 0 Å². The second kappa shape index (κ2) is 11.4. The lowest BCUT2D eigenvalue weighted by molar-refractivity contribution is 0.174. The zero-order chi connectivity index (χ0) is 20.7. The van der Waals surface area contributed by atoms with Crippen molar-refractivity contribution in [3.8, 4) is 11.5 Å². The van der Waals surface area contributed by atoms with Crippen LogP contribution in [-0.2, 0) is 16.6 Å². The number of guanidine groups is 1. The van der Waals surface area contributed by atoms with Gasteiger partial charge in [-0.05, 0) is 43.7 Å². The van der Waals surface area contributed by atoms with Gasteiger partial charge >= 0.3 is 0 Å². The molecule has 0 aliphatic carbocycles. The molecule has 0 aromatic heterocycles. The molecule has 8 nitrogen and oxygen atoms in total. The first-order valence-electron chi connectivity index (χ1n) is 9.45. The minimum absolute atomic E-state index is 0. The minimum Gasteiger partial charge on any atom is -0.454 e. The molecule has 0 spiro atoms. The summed E-state index contributed by atoms with van der Waals surface area (Å²) >= 11 is 0. The number of nitrogens with one attached hydrogen (secondary N) is 3. The van der Waals surface area contributed by atoms with Crippen LogP contribution in [0.5, 0.6) is 11.5 Å². The largest absolute Gasteiger partial charge is 0.454 e. The summed E-state index contributed by atoms with van der Waals surface area (Å²) in [5, 5.41) is 6.28. The van der Waals surface area contributed by atoms with Crippen LogP contribution in [0.4, 0.5) is 0 Å². The third kappa shape index (κ3) is 6.74. The van der Waals surface area contributed by atoms with E-state index in [-0.39, 0.29) is 42.2 Å². The van der Waals surface area contributed by atoms with Crippen molar-refractivity contribution in [3.63, 3.8) is 0 Å². The molecule has 1 aliphatic rings. The Morgan fingerprint density at radius 1 is 1.03 bits per heavy atom. The van der Waals surface area contributed by atoms with Crippen molar-refractivity contribution in [1.82, 2.24) is 15.4 Å². The van der Waals surface area contributed by atoms with Gasteiger partial charge in [0.05, 0.1) is 11.4 Å². The summed E-state index contributed by atoms with van der Waals surface area (Å²) in [7, 11) is -3.52. The van der Waals surface area contributed by atoms with Gasteiger partial charge in [0.1, 0.15) is 0 Å². The smallest absolute Gasteiger partial charge is 0.240 e. The van der Waals surface area contributed by atoms with Crippen molar-refractivity contribution >= 4 is 40.0 Å². The number of ether oxygens (including phenoxy) is 2. The van der Waals surface area contributed by atoms with E-state index in [9.17, 15) is 8.42 Å². The van der Waals surface area contributed by atoms with E-state index in [0.29, 0.717) is 25.6 Å². The molecule has 0 saturated heterocycles. The molecule has 10 heteroatoms. The molecular formula is C20H27IN4O4S. The van der Waals surface area contributed by atoms with Crippen LogP contribution < -0.4 is 24.8 Å². The number of aliphatic imine (C=N–C) groups is 1. The van der Waals surface area contributed by atoms with Crippen molar-refractivity contribution < 1.29 is 17.9 Å². The predicted octanol–water partition coefficient (Wildman–Crippen LogP) is 2.38. The van der Waals surface area contributed by atoms with Crippen LogP contribution in [0, 0.1) is 6.92 Å². The number of aryl methyl sites for hydroxylation is 1. The first kappa shape index (κ1) is 24.2. The van der Waals surface area contributed by atoms with E-state index in [4.69, 9.17) is 9.47 Å². The van der Waals surface area contributed by atoms with Gasteiger partial charge in [0.25, 0.3) is 0 Å². The Labute approximate surface area is 194 Å². The number of fused-ring (bicyclic) bond motifs is 1. The van der Waals surface area contributed by atoms with Crippen molar-refractivity contribution in [2.75, 3.05) is 26.4 Å². The van der Waals surface area contributed by atoms with Crippen molar-refractivity contribution in [2.24, 2.45) is 4.99 Å². The van der Waals surface area contributed by atoms with Crippen molar-refractivity contribution in [1.29, 1.82) is 0 Å². The van der Waals surface area contributed by atoms with Crippen LogP contribution in [0.25, 0.3) is 0 Å². The molecule has 3 rings (SSSR count). The fourth-order valence-corrected chi connectivity index (χ4v) is 3.75. The highest BCUT2D eigenvalue weighted by molar-refractivity contribution is 14.0. The highest BCUT2D eigenvalue weighted by Gasteiger charge is 2.14. The molecule has 1 heterocycles. The topological polar surface area (TPSA) is 101 Å². The summed E-state index contributed by atoms with van der Waals surface area (Å²) in [4.78, 5) is 4.79. The van der Waals surface area contributed by atoms with E-state index in [1.165, 1.54) is 0 Å². The van der Waals surface area contributed by atoms with Crippen LogP contribution in [0.1, 0.15) is 18.1 Å². The van der Waals surface area contributed by atoms with Gasteiger partial charge in [-0.25, -0.2) is 18.1 Å². The maximum absolute atomic E-state index is 12.3. The van der Waals surface area contributed by atoms with Crippen molar-refractivity contribution in [2.45, 2.75) is 25.3 Å².